The molecule has 1 atom stereocenters. The molecule has 0 bridgehead atoms. The van der Waals surface area contributed by atoms with Crippen molar-refractivity contribution in [3.05, 3.63) is 35.5 Å². The first-order valence-corrected chi connectivity index (χ1v) is 9.52. The lowest BCUT2D eigenvalue weighted by atomic mass is 9.76. The Labute approximate surface area is 158 Å². The zero-order chi connectivity index (χ0) is 18.9. The van der Waals surface area contributed by atoms with E-state index in [1.807, 2.05) is 17.9 Å². The van der Waals surface area contributed by atoms with Crippen LogP contribution in [0.2, 0.25) is 0 Å². The minimum atomic E-state index is 0.0352. The van der Waals surface area contributed by atoms with E-state index in [1.165, 1.54) is 5.56 Å². The lowest BCUT2D eigenvalue weighted by Crippen LogP contribution is -2.46. The number of carbonyl (C=O) groups is 1. The zero-order valence-electron chi connectivity index (χ0n) is 15.9. The minimum Gasteiger partial charge on any atom is -0.454 e. The topological polar surface area (TPSA) is 77.7 Å². The Balaban J connectivity index is 1.40. The number of aryl methyl sites for hydroxylation is 1. The first-order chi connectivity index (χ1) is 13.0. The molecule has 1 amide bonds. The molecule has 4 rings (SSSR count). The predicted molar refractivity (Wildman–Crippen MR) is 97.6 cm³/mol. The van der Waals surface area contributed by atoms with Gasteiger partial charge in [0.15, 0.2) is 17.3 Å². The van der Waals surface area contributed by atoms with Crippen LogP contribution in [0.4, 0.5) is 0 Å². The van der Waals surface area contributed by atoms with Crippen molar-refractivity contribution in [3.63, 3.8) is 0 Å². The van der Waals surface area contributed by atoms with E-state index in [2.05, 4.69) is 29.2 Å². The third kappa shape index (κ3) is 3.91. The highest BCUT2D eigenvalue weighted by Gasteiger charge is 2.35. The number of fused-ring (bicyclic) bond motifs is 1. The summed E-state index contributed by atoms with van der Waals surface area (Å²) in [4.78, 5) is 18.7. The molecule has 2 aromatic rings. The van der Waals surface area contributed by atoms with Crippen LogP contribution in [0.3, 0.4) is 0 Å². The number of hydrogen-bond acceptors (Lipinski definition) is 6. The third-order valence-electron chi connectivity index (χ3n) is 5.35. The molecular formula is C20H25N3O4. The van der Waals surface area contributed by atoms with Crippen molar-refractivity contribution in [2.75, 3.05) is 19.9 Å². The van der Waals surface area contributed by atoms with E-state index in [1.54, 1.807) is 0 Å². The summed E-state index contributed by atoms with van der Waals surface area (Å²) >= 11 is 0. The van der Waals surface area contributed by atoms with Crippen LogP contribution in [-0.2, 0) is 24.1 Å². The van der Waals surface area contributed by atoms with Gasteiger partial charge < -0.3 is 18.9 Å². The van der Waals surface area contributed by atoms with Crippen molar-refractivity contribution < 1.29 is 18.8 Å². The monoisotopic (exact) mass is 371 g/mol. The van der Waals surface area contributed by atoms with Gasteiger partial charge in [-0.1, -0.05) is 25.1 Å². The second-order valence-corrected chi connectivity index (χ2v) is 7.70. The van der Waals surface area contributed by atoms with Crippen LogP contribution in [0.5, 0.6) is 11.5 Å². The Hall–Kier alpha value is -2.57. The van der Waals surface area contributed by atoms with Gasteiger partial charge in [0.25, 0.3) is 0 Å². The molecule has 144 valence electrons. The van der Waals surface area contributed by atoms with Crippen molar-refractivity contribution in [2.24, 2.45) is 5.41 Å². The van der Waals surface area contributed by atoms with Crippen molar-refractivity contribution in [2.45, 2.75) is 46.0 Å². The van der Waals surface area contributed by atoms with E-state index in [4.69, 9.17) is 14.0 Å². The molecule has 0 saturated carbocycles. The van der Waals surface area contributed by atoms with Gasteiger partial charge in [-0.05, 0) is 36.0 Å². The van der Waals surface area contributed by atoms with Crippen LogP contribution < -0.4 is 9.47 Å². The summed E-state index contributed by atoms with van der Waals surface area (Å²) in [6.07, 6.45) is 3.71. The predicted octanol–water partition coefficient (Wildman–Crippen LogP) is 2.77. The molecule has 27 heavy (non-hydrogen) atoms. The van der Waals surface area contributed by atoms with Gasteiger partial charge >= 0.3 is 0 Å². The van der Waals surface area contributed by atoms with Gasteiger partial charge in [-0.25, -0.2) is 0 Å². The summed E-state index contributed by atoms with van der Waals surface area (Å²) in [7, 11) is 0. The van der Waals surface area contributed by atoms with Gasteiger partial charge in [0.2, 0.25) is 18.6 Å². The fourth-order valence-corrected chi connectivity index (χ4v) is 3.86. The summed E-state index contributed by atoms with van der Waals surface area (Å²) in [5.74, 6) is 3.13. The van der Waals surface area contributed by atoms with Crippen molar-refractivity contribution in [1.82, 2.24) is 15.0 Å². The van der Waals surface area contributed by atoms with Gasteiger partial charge in [-0.3, -0.25) is 4.79 Å². The molecule has 0 radical (unpaired) electrons. The number of benzene rings is 1. The van der Waals surface area contributed by atoms with E-state index >= 15 is 0 Å². The third-order valence-corrected chi connectivity index (χ3v) is 5.35. The van der Waals surface area contributed by atoms with E-state index in [0.717, 1.165) is 37.3 Å². The molecule has 7 heteroatoms. The van der Waals surface area contributed by atoms with Gasteiger partial charge in [-0.15, -0.1) is 0 Å². The van der Waals surface area contributed by atoms with Gasteiger partial charge in [-0.2, -0.15) is 4.98 Å². The number of aromatic nitrogens is 2. The Kier molecular flexibility index (Phi) is 4.76. The fourth-order valence-electron chi connectivity index (χ4n) is 3.86. The van der Waals surface area contributed by atoms with Crippen molar-refractivity contribution in [1.29, 1.82) is 0 Å². The Morgan fingerprint density at radius 1 is 1.26 bits per heavy atom. The number of piperidine rings is 1. The summed E-state index contributed by atoms with van der Waals surface area (Å²) in [6.45, 7) is 5.87. The lowest BCUT2D eigenvalue weighted by Gasteiger charge is -2.40. The quantitative estimate of drug-likeness (QED) is 0.777. The molecule has 0 spiro atoms. The molecule has 1 fully saturated rings. The molecule has 2 aliphatic rings. The van der Waals surface area contributed by atoms with Crippen LogP contribution >= 0.6 is 0 Å². The first kappa shape index (κ1) is 17.8. The Morgan fingerprint density at radius 3 is 2.93 bits per heavy atom. The van der Waals surface area contributed by atoms with Gasteiger partial charge in [0.05, 0.1) is 0 Å². The minimum absolute atomic E-state index is 0.0352. The standard InChI is InChI=1S/C20H25N3O4/c1-3-18-21-17(22-27-18)7-9-23-12-20(2,8-6-19(23)24)11-14-4-5-15-16(10-14)26-13-25-15/h4-5,10H,3,6-9,11-13H2,1-2H3/t20-/m0/s1. The van der Waals surface area contributed by atoms with Crippen LogP contribution in [0.25, 0.3) is 0 Å². The highest BCUT2D eigenvalue weighted by atomic mass is 16.7. The highest BCUT2D eigenvalue weighted by Crippen LogP contribution is 2.37. The van der Waals surface area contributed by atoms with E-state index in [0.29, 0.717) is 31.1 Å². The maximum absolute atomic E-state index is 12.4. The van der Waals surface area contributed by atoms with Crippen molar-refractivity contribution >= 4 is 5.91 Å². The average Bonchev–Trinajstić information content (AvgIpc) is 3.31. The Bertz CT molecular complexity index is 834. The molecule has 0 unspecified atom stereocenters. The van der Waals surface area contributed by atoms with Crippen LogP contribution in [0, 0.1) is 5.41 Å². The number of carbonyl (C=O) groups excluding carboxylic acids is 1. The molecular weight excluding hydrogens is 346 g/mol. The maximum atomic E-state index is 12.4. The zero-order valence-corrected chi connectivity index (χ0v) is 15.9. The fraction of sp³-hybridized carbons (Fsp3) is 0.550. The summed E-state index contributed by atoms with van der Waals surface area (Å²) in [5, 5.41) is 3.98. The number of ether oxygens (including phenoxy) is 2. The van der Waals surface area contributed by atoms with E-state index in [9.17, 15) is 4.79 Å². The number of hydrogen-bond donors (Lipinski definition) is 0. The van der Waals surface area contributed by atoms with Crippen molar-refractivity contribution in [3.8, 4) is 11.5 Å². The van der Waals surface area contributed by atoms with E-state index in [-0.39, 0.29) is 18.1 Å². The van der Waals surface area contributed by atoms with Crippen LogP contribution in [0.15, 0.2) is 22.7 Å². The van der Waals surface area contributed by atoms with E-state index < -0.39 is 0 Å². The first-order valence-electron chi connectivity index (χ1n) is 9.52. The van der Waals surface area contributed by atoms with Gasteiger partial charge in [0.1, 0.15) is 0 Å². The number of likely N-dealkylation sites (tertiary alicyclic amines) is 1. The smallest absolute Gasteiger partial charge is 0.231 e. The molecule has 7 nitrogen and oxygen atoms in total. The summed E-state index contributed by atoms with van der Waals surface area (Å²) in [6, 6.07) is 6.11. The molecule has 1 aromatic carbocycles. The molecule has 1 aromatic heterocycles. The SMILES string of the molecule is CCc1nc(CCN2C[C@](C)(Cc3ccc4c(c3)OCO4)CCC2=O)no1. The normalized spacial score (nSPS) is 21.7. The summed E-state index contributed by atoms with van der Waals surface area (Å²) < 4.78 is 16.0. The number of nitrogens with zero attached hydrogens (tertiary/aromatic N) is 3. The number of rotatable bonds is 6. The second kappa shape index (κ2) is 7.21. The molecule has 1 saturated heterocycles. The molecule has 0 N–H and O–H groups in total. The molecule has 3 heterocycles. The average molecular weight is 371 g/mol. The molecule has 0 aliphatic carbocycles. The maximum Gasteiger partial charge on any atom is 0.231 e. The molecule has 2 aliphatic heterocycles. The largest absolute Gasteiger partial charge is 0.454 e. The van der Waals surface area contributed by atoms with Crippen LogP contribution in [0.1, 0.15) is 44.0 Å². The van der Waals surface area contributed by atoms with Gasteiger partial charge in [0, 0.05) is 32.4 Å². The highest BCUT2D eigenvalue weighted by molar-refractivity contribution is 5.77. The second-order valence-electron chi connectivity index (χ2n) is 7.70. The summed E-state index contributed by atoms with van der Waals surface area (Å²) in [5.41, 5.74) is 1.25. The number of amides is 1. The Morgan fingerprint density at radius 2 is 2.11 bits per heavy atom. The lowest BCUT2D eigenvalue weighted by molar-refractivity contribution is -0.137. The van der Waals surface area contributed by atoms with Crippen LogP contribution in [-0.4, -0.2) is 40.8 Å².